The van der Waals surface area contributed by atoms with Gasteiger partial charge < -0.3 is 39.6 Å². The molecule has 2 aliphatic rings. The van der Waals surface area contributed by atoms with Crippen LogP contribution in [0.15, 0.2) is 60.7 Å². The summed E-state index contributed by atoms with van der Waals surface area (Å²) in [6.45, 7) is 3.05. The van der Waals surface area contributed by atoms with Gasteiger partial charge in [0.25, 0.3) is 5.91 Å². The Morgan fingerprint density at radius 3 is 2.67 bits per heavy atom. The van der Waals surface area contributed by atoms with Crippen LogP contribution in [-0.4, -0.2) is 82.6 Å². The topological polar surface area (TPSA) is 120 Å². The molecular formula is C33H39FN4O7. The minimum absolute atomic E-state index is 0.215. The number of hydrogen-bond acceptors (Lipinski definition) is 8. The number of halogens is 1. The summed E-state index contributed by atoms with van der Waals surface area (Å²) in [4.78, 5) is 28.0. The lowest BCUT2D eigenvalue weighted by atomic mass is 10.0. The Labute approximate surface area is 261 Å². The monoisotopic (exact) mass is 622 g/mol. The lowest BCUT2D eigenvalue weighted by Crippen LogP contribution is -2.56. The maximum atomic E-state index is 14.3. The van der Waals surface area contributed by atoms with E-state index < -0.39 is 5.82 Å². The van der Waals surface area contributed by atoms with E-state index in [-0.39, 0.29) is 49.5 Å². The molecule has 2 heterocycles. The fourth-order valence-corrected chi connectivity index (χ4v) is 5.41. The number of ether oxygens (including phenoxy) is 5. The fraction of sp³-hybridized carbons (Fsp3) is 0.394. The molecule has 45 heavy (non-hydrogen) atoms. The predicted octanol–water partition coefficient (Wildman–Crippen LogP) is 3.85. The van der Waals surface area contributed by atoms with Crippen LogP contribution < -0.4 is 30.2 Å². The van der Waals surface area contributed by atoms with Crippen LogP contribution in [0, 0.1) is 5.82 Å². The van der Waals surface area contributed by atoms with Crippen molar-refractivity contribution in [3.8, 4) is 23.0 Å². The van der Waals surface area contributed by atoms with E-state index in [1.165, 1.54) is 13.2 Å². The zero-order valence-electron chi connectivity index (χ0n) is 25.5. The first-order chi connectivity index (χ1) is 21.9. The summed E-state index contributed by atoms with van der Waals surface area (Å²) in [5.74, 6) is 0.953. The summed E-state index contributed by atoms with van der Waals surface area (Å²) in [7, 11) is 3.04. The van der Waals surface area contributed by atoms with E-state index in [4.69, 9.17) is 23.7 Å². The van der Waals surface area contributed by atoms with Crippen molar-refractivity contribution in [2.75, 3.05) is 53.6 Å². The maximum Gasteiger partial charge on any atom is 0.315 e. The number of para-hydroxylation sites is 1. The number of urea groups is 1. The van der Waals surface area contributed by atoms with Crippen LogP contribution in [0.1, 0.15) is 27.9 Å². The molecule has 0 radical (unpaired) electrons. The van der Waals surface area contributed by atoms with Gasteiger partial charge >= 0.3 is 6.03 Å². The molecule has 11 nitrogen and oxygen atoms in total. The molecule has 0 unspecified atom stereocenters. The fourth-order valence-electron chi connectivity index (χ4n) is 5.41. The number of likely N-dealkylation sites (tertiary alicyclic amines) is 1. The molecule has 0 spiro atoms. The lowest BCUT2D eigenvalue weighted by Gasteiger charge is -2.39. The molecule has 0 aliphatic carbocycles. The van der Waals surface area contributed by atoms with Crippen molar-refractivity contribution < 1.29 is 37.7 Å². The molecule has 0 saturated carbocycles. The predicted molar refractivity (Wildman–Crippen MR) is 164 cm³/mol. The number of methoxy groups -OCH3 is 2. The van der Waals surface area contributed by atoms with E-state index in [2.05, 4.69) is 20.9 Å². The minimum Gasteiger partial charge on any atom is -0.493 e. The number of nitrogens with zero attached hydrogens (tertiary/aromatic N) is 1. The van der Waals surface area contributed by atoms with Crippen molar-refractivity contribution in [3.63, 3.8) is 0 Å². The molecule has 1 fully saturated rings. The van der Waals surface area contributed by atoms with Gasteiger partial charge in [0.15, 0.2) is 11.6 Å². The van der Waals surface area contributed by atoms with Crippen LogP contribution in [0.3, 0.4) is 0 Å². The largest absolute Gasteiger partial charge is 0.493 e. The van der Waals surface area contributed by atoms with Crippen LogP contribution in [0.2, 0.25) is 0 Å². The van der Waals surface area contributed by atoms with Gasteiger partial charge in [-0.1, -0.05) is 24.3 Å². The van der Waals surface area contributed by atoms with Crippen LogP contribution in [-0.2, 0) is 22.6 Å². The zero-order valence-corrected chi connectivity index (χ0v) is 25.5. The summed E-state index contributed by atoms with van der Waals surface area (Å²) in [6, 6.07) is 16.8. The normalized spacial score (nSPS) is 19.4. The molecule has 0 aromatic heterocycles. The van der Waals surface area contributed by atoms with E-state index in [0.717, 1.165) is 11.1 Å². The van der Waals surface area contributed by atoms with E-state index >= 15 is 0 Å². The highest BCUT2D eigenvalue weighted by Crippen LogP contribution is 2.29. The number of carbonyl (C=O) groups is 2. The van der Waals surface area contributed by atoms with E-state index in [0.29, 0.717) is 62.1 Å². The molecule has 2 aliphatic heterocycles. The number of hydrogen-bond donors (Lipinski definition) is 3. The van der Waals surface area contributed by atoms with Gasteiger partial charge in [-0.2, -0.15) is 0 Å². The molecule has 3 N–H and O–H groups in total. The second-order valence-electron chi connectivity index (χ2n) is 10.9. The van der Waals surface area contributed by atoms with Crippen LogP contribution in [0.4, 0.5) is 9.18 Å². The zero-order chi connectivity index (χ0) is 31.6. The second-order valence-corrected chi connectivity index (χ2v) is 10.9. The van der Waals surface area contributed by atoms with E-state index in [1.807, 2.05) is 30.3 Å². The van der Waals surface area contributed by atoms with Gasteiger partial charge in [0.2, 0.25) is 0 Å². The van der Waals surface area contributed by atoms with E-state index in [1.54, 1.807) is 31.4 Å². The molecular weight excluding hydrogens is 583 g/mol. The summed E-state index contributed by atoms with van der Waals surface area (Å²) >= 11 is 0. The number of carbonyl (C=O) groups excluding carboxylic acids is 2. The van der Waals surface area contributed by atoms with Crippen LogP contribution in [0.25, 0.3) is 0 Å². The Morgan fingerprint density at radius 1 is 0.978 bits per heavy atom. The Hall–Kier alpha value is -4.39. The molecule has 5 rings (SSSR count). The van der Waals surface area contributed by atoms with Crippen LogP contribution in [0.5, 0.6) is 23.0 Å². The number of fused-ring (bicyclic) bond motifs is 5. The van der Waals surface area contributed by atoms with Crippen LogP contribution >= 0.6 is 0 Å². The quantitative estimate of drug-likeness (QED) is 0.340. The highest BCUT2D eigenvalue weighted by atomic mass is 19.1. The molecule has 3 amide bonds. The SMILES string of the molecule is COCCOc1cc2cc(c1)C(=O)NCCNC(=O)N[C@H]1CCN(Cc3cccc(F)c3OC)C[C@@H]1OCc1cccc(c1)O2. The smallest absolute Gasteiger partial charge is 0.315 e. The van der Waals surface area contributed by atoms with Gasteiger partial charge in [-0.15, -0.1) is 0 Å². The third-order valence-electron chi connectivity index (χ3n) is 7.60. The molecule has 3 aromatic rings. The van der Waals surface area contributed by atoms with Crippen molar-refractivity contribution in [3.05, 3.63) is 83.2 Å². The lowest BCUT2D eigenvalue weighted by molar-refractivity contribution is -0.0305. The average Bonchev–Trinajstić information content (AvgIpc) is 3.03. The molecule has 1 saturated heterocycles. The Bertz CT molecular complexity index is 1470. The standard InChI is InChI=1S/C33H39FN4O7/c1-41-13-14-43-26-16-24-17-27(18-26)45-25-7-3-5-22(15-25)21-44-30-20-38(19-23-6-4-8-28(34)31(23)42-2)12-9-29(30)37-33(40)36-11-10-35-32(24)39/h3-8,15-18,29-30H,9-14,19-21H2,1-2H3,(H,35,39)(H2,36,37,40)/t29-,30-/m0/s1. The summed E-state index contributed by atoms with van der Waals surface area (Å²) in [6.07, 6.45) is 0.273. The Balaban J connectivity index is 1.35. The van der Waals surface area contributed by atoms with Crippen molar-refractivity contribution >= 4 is 11.9 Å². The third kappa shape index (κ3) is 8.84. The van der Waals surface area contributed by atoms with Crippen molar-refractivity contribution in [2.45, 2.75) is 31.7 Å². The number of benzene rings is 3. The summed E-state index contributed by atoms with van der Waals surface area (Å²) in [5.41, 5.74) is 1.96. The number of rotatable bonds is 7. The summed E-state index contributed by atoms with van der Waals surface area (Å²) in [5, 5.41) is 8.69. The molecule has 12 heteroatoms. The number of piperidine rings is 1. The van der Waals surface area contributed by atoms with Gasteiger partial charge in [-0.05, 0) is 42.3 Å². The van der Waals surface area contributed by atoms with Crippen molar-refractivity contribution in [2.24, 2.45) is 0 Å². The van der Waals surface area contributed by atoms with E-state index in [9.17, 15) is 14.0 Å². The molecule has 2 atom stereocenters. The first-order valence-corrected chi connectivity index (χ1v) is 14.9. The molecule has 3 aromatic carbocycles. The highest BCUT2D eigenvalue weighted by Gasteiger charge is 2.32. The van der Waals surface area contributed by atoms with Crippen molar-refractivity contribution in [1.82, 2.24) is 20.9 Å². The Morgan fingerprint density at radius 2 is 1.82 bits per heavy atom. The molecule has 4 bridgehead atoms. The van der Waals surface area contributed by atoms with Gasteiger partial charge in [0.1, 0.15) is 23.9 Å². The second kappa shape index (κ2) is 15.6. The van der Waals surface area contributed by atoms with Gasteiger partial charge in [-0.3, -0.25) is 9.69 Å². The van der Waals surface area contributed by atoms with Crippen molar-refractivity contribution in [1.29, 1.82) is 0 Å². The summed E-state index contributed by atoms with van der Waals surface area (Å²) < 4.78 is 43.1. The number of nitrogens with one attached hydrogen (secondary N) is 3. The van der Waals surface area contributed by atoms with Gasteiger partial charge in [0.05, 0.1) is 32.5 Å². The average molecular weight is 623 g/mol. The van der Waals surface area contributed by atoms with Gasteiger partial charge in [-0.25, -0.2) is 9.18 Å². The first-order valence-electron chi connectivity index (χ1n) is 14.9. The first kappa shape index (κ1) is 32.0. The Kier molecular flexibility index (Phi) is 11.1. The highest BCUT2D eigenvalue weighted by molar-refractivity contribution is 5.95. The maximum absolute atomic E-state index is 14.3. The minimum atomic E-state index is -0.407. The number of amides is 3. The van der Waals surface area contributed by atoms with Gasteiger partial charge in [0, 0.05) is 57.0 Å². The molecule has 240 valence electrons. The third-order valence-corrected chi connectivity index (χ3v) is 7.60.